The molecular weight excluding hydrogens is 420 g/mol. The van der Waals surface area contributed by atoms with Crippen molar-refractivity contribution in [2.75, 3.05) is 5.88 Å². The van der Waals surface area contributed by atoms with Gasteiger partial charge in [-0.2, -0.15) is 0 Å². The molecule has 3 aromatic rings. The number of phenols is 1. The fourth-order valence-electron chi connectivity index (χ4n) is 3.54. The quantitative estimate of drug-likeness (QED) is 0.124. The summed E-state index contributed by atoms with van der Waals surface area (Å²) in [5, 5.41) is 9.80. The van der Waals surface area contributed by atoms with E-state index in [0.29, 0.717) is 11.6 Å². The van der Waals surface area contributed by atoms with Gasteiger partial charge in [-0.25, -0.2) is 0 Å². The molecule has 0 aliphatic rings. The van der Waals surface area contributed by atoms with Crippen LogP contribution in [-0.4, -0.2) is 17.0 Å². The fourth-order valence-corrected chi connectivity index (χ4v) is 3.68. The van der Waals surface area contributed by atoms with Crippen LogP contribution in [0.3, 0.4) is 0 Å². The third kappa shape index (κ3) is 6.35. The number of phenolic OH excluding ortho intramolecular Hbond substituents is 1. The Morgan fingerprint density at radius 1 is 0.906 bits per heavy atom. The number of esters is 1. The van der Waals surface area contributed by atoms with Crippen molar-refractivity contribution >= 4 is 28.7 Å². The summed E-state index contributed by atoms with van der Waals surface area (Å²) in [5.41, 5.74) is 6.09. The van der Waals surface area contributed by atoms with E-state index in [4.69, 9.17) is 16.3 Å². The van der Waals surface area contributed by atoms with Gasteiger partial charge in [-0.05, 0) is 71.9 Å². The van der Waals surface area contributed by atoms with Crippen LogP contribution in [0.1, 0.15) is 42.9 Å². The van der Waals surface area contributed by atoms with Gasteiger partial charge in [0.05, 0.1) is 6.42 Å². The summed E-state index contributed by atoms with van der Waals surface area (Å²) in [4.78, 5) is 12.0. The molecule has 0 aromatic heterocycles. The zero-order valence-corrected chi connectivity index (χ0v) is 18.9. The van der Waals surface area contributed by atoms with E-state index >= 15 is 0 Å². The first-order chi connectivity index (χ1) is 15.5. The molecule has 0 atom stereocenters. The normalized spacial score (nSPS) is 11.6. The van der Waals surface area contributed by atoms with Crippen LogP contribution in [0.5, 0.6) is 11.5 Å². The second-order valence-corrected chi connectivity index (χ2v) is 8.07. The predicted octanol–water partition coefficient (Wildman–Crippen LogP) is 7.24. The first-order valence-electron chi connectivity index (χ1n) is 10.6. The second kappa shape index (κ2) is 11.4. The predicted molar refractivity (Wildman–Crippen MR) is 132 cm³/mol. The summed E-state index contributed by atoms with van der Waals surface area (Å²) in [5.74, 6) is 0.949. The summed E-state index contributed by atoms with van der Waals surface area (Å²) in [7, 11) is 0. The Hall–Kier alpha value is -3.30. The van der Waals surface area contributed by atoms with Crippen LogP contribution in [0.15, 0.2) is 91.0 Å². The topological polar surface area (TPSA) is 46.5 Å². The van der Waals surface area contributed by atoms with Crippen LogP contribution in [-0.2, 0) is 4.79 Å². The average Bonchev–Trinajstić information content (AvgIpc) is 2.78. The minimum Gasteiger partial charge on any atom is -0.508 e. The van der Waals surface area contributed by atoms with Gasteiger partial charge in [0, 0.05) is 5.88 Å². The number of hydrogen-bond acceptors (Lipinski definition) is 3. The smallest absolute Gasteiger partial charge is 0.315 e. The van der Waals surface area contributed by atoms with E-state index in [9.17, 15) is 9.90 Å². The van der Waals surface area contributed by atoms with Crippen molar-refractivity contribution in [3.05, 3.63) is 108 Å². The lowest BCUT2D eigenvalue weighted by Crippen LogP contribution is -2.07. The molecule has 3 rings (SSSR count). The van der Waals surface area contributed by atoms with E-state index in [-0.39, 0.29) is 18.1 Å². The molecule has 0 spiro atoms. The highest BCUT2D eigenvalue weighted by molar-refractivity contribution is 6.17. The Balaban J connectivity index is 2.08. The molecule has 1 N–H and O–H groups in total. The number of alkyl halides is 1. The zero-order valence-electron chi connectivity index (χ0n) is 18.2. The van der Waals surface area contributed by atoms with Gasteiger partial charge in [0.15, 0.2) is 0 Å². The molecule has 0 saturated heterocycles. The number of allylic oxidation sites excluding steroid dienone is 1. The van der Waals surface area contributed by atoms with Gasteiger partial charge in [-0.3, -0.25) is 4.79 Å². The van der Waals surface area contributed by atoms with E-state index in [1.165, 1.54) is 5.57 Å². The molecule has 0 bridgehead atoms. The number of ether oxygens (including phenoxy) is 1. The maximum Gasteiger partial charge on any atom is 0.315 e. The minimum atomic E-state index is -0.327. The van der Waals surface area contributed by atoms with E-state index in [1.807, 2.05) is 42.5 Å². The van der Waals surface area contributed by atoms with Gasteiger partial charge in [0.2, 0.25) is 0 Å². The first kappa shape index (κ1) is 23.4. The maximum atomic E-state index is 12.0. The molecular formula is C28H27ClO3. The van der Waals surface area contributed by atoms with Crippen LogP contribution in [0, 0.1) is 0 Å². The Bertz CT molecular complexity index is 1080. The minimum absolute atomic E-state index is 0.191. The number of aromatic hydroxyl groups is 1. The Kier molecular flexibility index (Phi) is 8.29. The van der Waals surface area contributed by atoms with Crippen molar-refractivity contribution in [3.63, 3.8) is 0 Å². The van der Waals surface area contributed by atoms with Crippen molar-refractivity contribution in [3.8, 4) is 11.5 Å². The van der Waals surface area contributed by atoms with Gasteiger partial charge in [0.25, 0.3) is 0 Å². The van der Waals surface area contributed by atoms with Gasteiger partial charge in [0.1, 0.15) is 11.5 Å². The molecule has 0 aliphatic carbocycles. The van der Waals surface area contributed by atoms with Crippen molar-refractivity contribution < 1.29 is 14.6 Å². The standard InChI is InChI=1S/C28H27ClO3/c1-20(2)19-27(31)32-25-16-12-23(13-17-25)28(22-10-14-24(30)15-11-22)26(9-6-18-29)21-7-4-3-5-8-21/h3-5,7-8,10-17,30H,1,6,9,18-19H2,2H3/b28-26-. The highest BCUT2D eigenvalue weighted by Gasteiger charge is 2.15. The Morgan fingerprint density at radius 3 is 2.06 bits per heavy atom. The maximum absolute atomic E-state index is 12.0. The molecule has 0 heterocycles. The SMILES string of the molecule is C=C(C)CC(=O)Oc1ccc(/C(=C(/CCCCl)c2ccccc2)c2ccc(O)cc2)cc1. The summed E-state index contributed by atoms with van der Waals surface area (Å²) in [6, 6.07) is 24.9. The monoisotopic (exact) mass is 446 g/mol. The lowest BCUT2D eigenvalue weighted by Gasteiger charge is -2.18. The van der Waals surface area contributed by atoms with Gasteiger partial charge >= 0.3 is 5.97 Å². The zero-order chi connectivity index (χ0) is 22.9. The molecule has 3 aromatic carbocycles. The van der Waals surface area contributed by atoms with Gasteiger partial charge in [-0.15, -0.1) is 11.6 Å². The van der Waals surface area contributed by atoms with E-state index in [2.05, 4.69) is 18.7 Å². The molecule has 0 radical (unpaired) electrons. The van der Waals surface area contributed by atoms with Crippen LogP contribution < -0.4 is 4.74 Å². The Morgan fingerprint density at radius 2 is 1.50 bits per heavy atom. The molecule has 164 valence electrons. The van der Waals surface area contributed by atoms with E-state index in [0.717, 1.165) is 40.7 Å². The van der Waals surface area contributed by atoms with Gasteiger partial charge in [-0.1, -0.05) is 66.7 Å². The number of halogens is 1. The largest absolute Gasteiger partial charge is 0.508 e. The van der Waals surface area contributed by atoms with Crippen LogP contribution in [0.4, 0.5) is 0 Å². The molecule has 3 nitrogen and oxygen atoms in total. The number of carbonyl (C=O) groups is 1. The van der Waals surface area contributed by atoms with Crippen molar-refractivity contribution in [2.45, 2.75) is 26.2 Å². The molecule has 32 heavy (non-hydrogen) atoms. The molecule has 4 heteroatoms. The van der Waals surface area contributed by atoms with E-state index < -0.39 is 0 Å². The number of carbonyl (C=O) groups excluding carboxylic acids is 1. The summed E-state index contributed by atoms with van der Waals surface area (Å²) >= 11 is 6.05. The summed E-state index contributed by atoms with van der Waals surface area (Å²) in [6.45, 7) is 5.55. The average molecular weight is 447 g/mol. The number of benzene rings is 3. The molecule has 0 aliphatic heterocycles. The van der Waals surface area contributed by atoms with Crippen molar-refractivity contribution in [1.29, 1.82) is 0 Å². The summed E-state index contributed by atoms with van der Waals surface area (Å²) < 4.78 is 5.43. The molecule has 0 amide bonds. The molecule has 0 fully saturated rings. The number of rotatable bonds is 9. The van der Waals surface area contributed by atoms with Crippen LogP contribution in [0.25, 0.3) is 11.1 Å². The third-order valence-corrected chi connectivity index (χ3v) is 5.23. The fraction of sp³-hybridized carbons (Fsp3) is 0.179. The molecule has 0 saturated carbocycles. The van der Waals surface area contributed by atoms with Crippen molar-refractivity contribution in [1.82, 2.24) is 0 Å². The summed E-state index contributed by atoms with van der Waals surface area (Å²) in [6.07, 6.45) is 1.83. The van der Waals surface area contributed by atoms with Crippen LogP contribution >= 0.6 is 11.6 Å². The van der Waals surface area contributed by atoms with E-state index in [1.54, 1.807) is 31.2 Å². The second-order valence-electron chi connectivity index (χ2n) is 7.69. The lowest BCUT2D eigenvalue weighted by atomic mass is 9.87. The highest BCUT2D eigenvalue weighted by Crippen LogP contribution is 2.36. The lowest BCUT2D eigenvalue weighted by molar-refractivity contribution is -0.133. The Labute approximate surface area is 194 Å². The highest BCUT2D eigenvalue weighted by atomic mass is 35.5. The molecule has 0 unspecified atom stereocenters. The van der Waals surface area contributed by atoms with Crippen molar-refractivity contribution in [2.24, 2.45) is 0 Å². The third-order valence-electron chi connectivity index (χ3n) is 4.96. The number of hydrogen-bond donors (Lipinski definition) is 1. The van der Waals surface area contributed by atoms with Crippen LogP contribution in [0.2, 0.25) is 0 Å². The first-order valence-corrected chi connectivity index (χ1v) is 11.1. The van der Waals surface area contributed by atoms with Gasteiger partial charge < -0.3 is 9.84 Å².